The van der Waals surface area contributed by atoms with Crippen LogP contribution in [0, 0.1) is 11.8 Å². The molecule has 0 heterocycles. The minimum absolute atomic E-state index is 0.0486. The maximum Gasteiger partial charge on any atom is 0.412 e. The number of allylic oxidation sites excluding steroid dienone is 1. The summed E-state index contributed by atoms with van der Waals surface area (Å²) in [6, 6.07) is 9.39. The van der Waals surface area contributed by atoms with E-state index in [2.05, 4.69) is 17.5 Å². The Balaban J connectivity index is 1.58. The lowest BCUT2D eigenvalue weighted by atomic mass is 9.93. The summed E-state index contributed by atoms with van der Waals surface area (Å²) in [6.07, 6.45) is 7.41. The van der Waals surface area contributed by atoms with E-state index in [1.54, 1.807) is 0 Å². The second-order valence-electron chi connectivity index (χ2n) is 5.08. The Morgan fingerprint density at radius 2 is 2.00 bits per heavy atom. The number of ether oxygens (including phenoxy) is 1. The Labute approximate surface area is 107 Å². The van der Waals surface area contributed by atoms with Crippen LogP contribution >= 0.6 is 0 Å². The first-order valence-corrected chi connectivity index (χ1v) is 6.52. The third-order valence-corrected chi connectivity index (χ3v) is 3.81. The number of anilines is 1. The fourth-order valence-electron chi connectivity index (χ4n) is 2.88. The van der Waals surface area contributed by atoms with Crippen LogP contribution in [0.15, 0.2) is 42.5 Å². The molecule has 0 aromatic heterocycles. The second kappa shape index (κ2) is 4.84. The average Bonchev–Trinajstić information content (AvgIpc) is 2.77. The quantitative estimate of drug-likeness (QED) is 0.806. The van der Waals surface area contributed by atoms with Gasteiger partial charge in [0.15, 0.2) is 0 Å². The zero-order valence-corrected chi connectivity index (χ0v) is 10.2. The number of hydrogen-bond donors (Lipinski definition) is 1. The molecule has 0 radical (unpaired) electrons. The molecule has 1 amide bonds. The first-order valence-electron chi connectivity index (χ1n) is 6.52. The molecule has 3 rings (SSSR count). The number of benzene rings is 1. The first-order chi connectivity index (χ1) is 8.81. The summed E-state index contributed by atoms with van der Waals surface area (Å²) in [5, 5.41) is 2.75. The molecule has 3 nitrogen and oxygen atoms in total. The summed E-state index contributed by atoms with van der Waals surface area (Å²) in [5.74, 6) is 1.23. The van der Waals surface area contributed by atoms with Crippen molar-refractivity contribution in [1.29, 1.82) is 0 Å². The second-order valence-corrected chi connectivity index (χ2v) is 5.08. The van der Waals surface area contributed by atoms with Gasteiger partial charge in [-0.05, 0) is 43.4 Å². The molecular weight excluding hydrogens is 226 g/mol. The van der Waals surface area contributed by atoms with Gasteiger partial charge in [0.1, 0.15) is 6.10 Å². The standard InChI is InChI=1S/C15H17NO2/c17-15(16-13-4-2-1-3-5-13)18-14-9-7-11-6-8-12(14)10-11/h1-5,7,9,11-12,14H,6,8,10H2,(H,16,17)/t11-,12-,14+/m1/s1. The van der Waals surface area contributed by atoms with E-state index in [9.17, 15) is 4.79 Å². The van der Waals surface area contributed by atoms with Crippen molar-refractivity contribution in [3.63, 3.8) is 0 Å². The summed E-state index contributed by atoms with van der Waals surface area (Å²) in [5.41, 5.74) is 0.770. The third kappa shape index (κ3) is 2.40. The summed E-state index contributed by atoms with van der Waals surface area (Å²) >= 11 is 0. The molecule has 3 atom stereocenters. The first kappa shape index (κ1) is 11.3. The summed E-state index contributed by atoms with van der Waals surface area (Å²) in [7, 11) is 0. The lowest BCUT2D eigenvalue weighted by Gasteiger charge is -2.23. The smallest absolute Gasteiger partial charge is 0.412 e. The fourth-order valence-corrected chi connectivity index (χ4v) is 2.88. The molecule has 0 saturated heterocycles. The largest absolute Gasteiger partial charge is 0.441 e. The molecule has 1 saturated carbocycles. The number of amides is 1. The van der Waals surface area contributed by atoms with Gasteiger partial charge in [-0.25, -0.2) is 4.79 Å². The van der Waals surface area contributed by atoms with Crippen LogP contribution < -0.4 is 5.32 Å². The van der Waals surface area contributed by atoms with Crippen LogP contribution in [0.4, 0.5) is 10.5 Å². The Kier molecular flexibility index (Phi) is 3.05. The molecular formula is C15H17NO2. The topological polar surface area (TPSA) is 38.3 Å². The van der Waals surface area contributed by atoms with E-state index >= 15 is 0 Å². The Bertz CT molecular complexity index is 455. The highest BCUT2D eigenvalue weighted by Crippen LogP contribution is 2.39. The summed E-state index contributed by atoms with van der Waals surface area (Å²) < 4.78 is 5.49. The van der Waals surface area contributed by atoms with Gasteiger partial charge in [0.25, 0.3) is 0 Å². The predicted molar refractivity (Wildman–Crippen MR) is 70.3 cm³/mol. The molecule has 2 bridgehead atoms. The van der Waals surface area contributed by atoms with E-state index in [-0.39, 0.29) is 12.2 Å². The van der Waals surface area contributed by atoms with Crippen molar-refractivity contribution >= 4 is 11.8 Å². The maximum atomic E-state index is 11.8. The number of para-hydroxylation sites is 1. The zero-order chi connectivity index (χ0) is 12.4. The highest BCUT2D eigenvalue weighted by atomic mass is 16.6. The normalized spacial score (nSPS) is 29.0. The van der Waals surface area contributed by atoms with Crippen molar-refractivity contribution < 1.29 is 9.53 Å². The van der Waals surface area contributed by atoms with Gasteiger partial charge < -0.3 is 4.74 Å². The maximum absolute atomic E-state index is 11.8. The van der Waals surface area contributed by atoms with Crippen LogP contribution in [0.1, 0.15) is 19.3 Å². The number of hydrogen-bond acceptors (Lipinski definition) is 2. The molecule has 1 fully saturated rings. The number of rotatable bonds is 2. The molecule has 1 aromatic rings. The van der Waals surface area contributed by atoms with Crippen molar-refractivity contribution in [1.82, 2.24) is 0 Å². The van der Waals surface area contributed by atoms with Crippen LogP contribution in [0.25, 0.3) is 0 Å². The monoisotopic (exact) mass is 243 g/mol. The van der Waals surface area contributed by atoms with Gasteiger partial charge in [-0.3, -0.25) is 5.32 Å². The minimum atomic E-state index is -0.360. The molecule has 94 valence electrons. The molecule has 1 N–H and O–H groups in total. The van der Waals surface area contributed by atoms with Gasteiger partial charge in [-0.1, -0.05) is 24.3 Å². The van der Waals surface area contributed by atoms with Gasteiger partial charge in [0, 0.05) is 11.6 Å². The van der Waals surface area contributed by atoms with Crippen LogP contribution in [-0.4, -0.2) is 12.2 Å². The number of nitrogens with one attached hydrogen (secondary N) is 1. The highest BCUT2D eigenvalue weighted by molar-refractivity contribution is 5.84. The van der Waals surface area contributed by atoms with Crippen LogP contribution in [0.3, 0.4) is 0 Å². The molecule has 0 aliphatic heterocycles. The molecule has 18 heavy (non-hydrogen) atoms. The van der Waals surface area contributed by atoms with Crippen molar-refractivity contribution in [3.8, 4) is 0 Å². The molecule has 2 aliphatic carbocycles. The average molecular weight is 243 g/mol. The van der Waals surface area contributed by atoms with E-state index in [0.717, 1.165) is 5.69 Å². The number of fused-ring (bicyclic) bond motifs is 2. The van der Waals surface area contributed by atoms with E-state index in [1.807, 2.05) is 30.3 Å². The fraction of sp³-hybridized carbons (Fsp3) is 0.400. The SMILES string of the molecule is O=C(Nc1ccccc1)O[C@H]1C=C[C@H]2CC[C@@H]1C2. The zero-order valence-electron chi connectivity index (χ0n) is 10.2. The minimum Gasteiger partial charge on any atom is -0.441 e. The van der Waals surface area contributed by atoms with Gasteiger partial charge in [0.2, 0.25) is 0 Å². The highest BCUT2D eigenvalue weighted by Gasteiger charge is 2.34. The van der Waals surface area contributed by atoms with E-state index in [0.29, 0.717) is 11.8 Å². The Hall–Kier alpha value is -1.77. The Morgan fingerprint density at radius 1 is 1.17 bits per heavy atom. The summed E-state index contributed by atoms with van der Waals surface area (Å²) in [6.45, 7) is 0. The van der Waals surface area contributed by atoms with Gasteiger partial charge >= 0.3 is 6.09 Å². The lowest BCUT2D eigenvalue weighted by molar-refractivity contribution is 0.0985. The lowest BCUT2D eigenvalue weighted by Crippen LogP contribution is -2.28. The number of carbonyl (C=O) groups excluding carboxylic acids is 1. The molecule has 0 unspecified atom stereocenters. The van der Waals surface area contributed by atoms with Crippen LogP contribution in [0.2, 0.25) is 0 Å². The molecule has 2 aliphatic rings. The van der Waals surface area contributed by atoms with Gasteiger partial charge in [-0.15, -0.1) is 0 Å². The van der Waals surface area contributed by atoms with Crippen molar-refractivity contribution in [3.05, 3.63) is 42.5 Å². The van der Waals surface area contributed by atoms with E-state index in [4.69, 9.17) is 4.74 Å². The van der Waals surface area contributed by atoms with E-state index < -0.39 is 0 Å². The van der Waals surface area contributed by atoms with Crippen LogP contribution in [0.5, 0.6) is 0 Å². The van der Waals surface area contributed by atoms with E-state index in [1.165, 1.54) is 19.3 Å². The molecule has 3 heteroatoms. The Morgan fingerprint density at radius 3 is 2.83 bits per heavy atom. The van der Waals surface area contributed by atoms with Crippen molar-refractivity contribution in [2.24, 2.45) is 11.8 Å². The predicted octanol–water partition coefficient (Wildman–Crippen LogP) is 3.59. The number of carbonyl (C=O) groups is 1. The third-order valence-electron chi connectivity index (χ3n) is 3.81. The molecule has 1 aromatic carbocycles. The van der Waals surface area contributed by atoms with Gasteiger partial charge in [0.05, 0.1) is 0 Å². The van der Waals surface area contributed by atoms with Gasteiger partial charge in [-0.2, -0.15) is 0 Å². The van der Waals surface area contributed by atoms with Crippen LogP contribution in [-0.2, 0) is 4.74 Å². The van der Waals surface area contributed by atoms with Crippen molar-refractivity contribution in [2.45, 2.75) is 25.4 Å². The molecule has 0 spiro atoms. The summed E-state index contributed by atoms with van der Waals surface area (Å²) in [4.78, 5) is 11.8. The van der Waals surface area contributed by atoms with Crippen molar-refractivity contribution in [2.75, 3.05) is 5.32 Å².